The Morgan fingerprint density at radius 1 is 1.10 bits per heavy atom. The molecular formula is C16H17Br2NO. The molecular weight excluding hydrogens is 382 g/mol. The van der Waals surface area contributed by atoms with Gasteiger partial charge in [-0.3, -0.25) is 0 Å². The molecule has 0 bridgehead atoms. The zero-order chi connectivity index (χ0) is 14.5. The number of benzene rings is 2. The molecule has 2 nitrogen and oxygen atoms in total. The standard InChI is InChI=1S/C16H17Br2NO/c1-11(12-3-5-14(17)6-4-12)19-10-13-9-15(20-2)7-8-16(13)18/h3-9,11,19H,10H2,1-2H3/t11-/m1/s1. The quantitative estimate of drug-likeness (QED) is 0.758. The van der Waals surface area contributed by atoms with Gasteiger partial charge in [-0.05, 0) is 48.4 Å². The summed E-state index contributed by atoms with van der Waals surface area (Å²) >= 11 is 7.03. The highest BCUT2D eigenvalue weighted by atomic mass is 79.9. The number of hydrogen-bond acceptors (Lipinski definition) is 2. The van der Waals surface area contributed by atoms with Crippen molar-refractivity contribution in [1.29, 1.82) is 0 Å². The lowest BCUT2D eigenvalue weighted by atomic mass is 10.1. The summed E-state index contributed by atoms with van der Waals surface area (Å²) in [7, 11) is 1.69. The van der Waals surface area contributed by atoms with E-state index in [1.807, 2.05) is 18.2 Å². The summed E-state index contributed by atoms with van der Waals surface area (Å²) in [6.45, 7) is 2.95. The molecule has 20 heavy (non-hydrogen) atoms. The van der Waals surface area contributed by atoms with Crippen molar-refractivity contribution in [2.24, 2.45) is 0 Å². The number of ether oxygens (including phenoxy) is 1. The van der Waals surface area contributed by atoms with Gasteiger partial charge in [0.05, 0.1) is 7.11 Å². The fourth-order valence-electron chi connectivity index (χ4n) is 1.95. The van der Waals surface area contributed by atoms with Gasteiger partial charge in [0.15, 0.2) is 0 Å². The Bertz CT molecular complexity index is 569. The molecule has 0 heterocycles. The van der Waals surface area contributed by atoms with Crippen LogP contribution in [0.25, 0.3) is 0 Å². The number of rotatable bonds is 5. The minimum atomic E-state index is 0.293. The van der Waals surface area contributed by atoms with Crippen molar-refractivity contribution in [3.63, 3.8) is 0 Å². The highest BCUT2D eigenvalue weighted by Crippen LogP contribution is 2.23. The topological polar surface area (TPSA) is 21.3 Å². The molecule has 106 valence electrons. The molecule has 0 fully saturated rings. The highest BCUT2D eigenvalue weighted by Gasteiger charge is 2.07. The van der Waals surface area contributed by atoms with Crippen LogP contribution >= 0.6 is 31.9 Å². The van der Waals surface area contributed by atoms with Gasteiger partial charge in [0.25, 0.3) is 0 Å². The van der Waals surface area contributed by atoms with Crippen LogP contribution in [-0.4, -0.2) is 7.11 Å². The van der Waals surface area contributed by atoms with Crippen molar-refractivity contribution in [3.8, 4) is 5.75 Å². The second-order valence-corrected chi connectivity index (χ2v) is 6.38. The number of methoxy groups -OCH3 is 1. The molecule has 1 N–H and O–H groups in total. The van der Waals surface area contributed by atoms with E-state index in [1.165, 1.54) is 11.1 Å². The second-order valence-electron chi connectivity index (χ2n) is 4.61. The van der Waals surface area contributed by atoms with E-state index in [9.17, 15) is 0 Å². The molecule has 0 saturated heterocycles. The van der Waals surface area contributed by atoms with Crippen molar-refractivity contribution >= 4 is 31.9 Å². The van der Waals surface area contributed by atoms with Gasteiger partial charge in [0, 0.05) is 21.5 Å². The Balaban J connectivity index is 2.02. The van der Waals surface area contributed by atoms with Crippen LogP contribution in [-0.2, 0) is 6.54 Å². The molecule has 0 spiro atoms. The molecule has 0 saturated carbocycles. The fourth-order valence-corrected chi connectivity index (χ4v) is 2.60. The lowest BCUT2D eigenvalue weighted by molar-refractivity contribution is 0.413. The molecule has 0 aliphatic rings. The molecule has 0 aliphatic carbocycles. The van der Waals surface area contributed by atoms with E-state index in [0.717, 1.165) is 21.2 Å². The summed E-state index contributed by atoms with van der Waals surface area (Å²) < 4.78 is 7.45. The van der Waals surface area contributed by atoms with Crippen LogP contribution in [0.2, 0.25) is 0 Å². The minimum absolute atomic E-state index is 0.293. The maximum absolute atomic E-state index is 5.26. The molecule has 0 aliphatic heterocycles. The highest BCUT2D eigenvalue weighted by molar-refractivity contribution is 9.10. The van der Waals surface area contributed by atoms with E-state index >= 15 is 0 Å². The predicted molar refractivity (Wildman–Crippen MR) is 90.1 cm³/mol. The van der Waals surface area contributed by atoms with Gasteiger partial charge < -0.3 is 10.1 Å². The Kier molecular flexibility index (Phi) is 5.64. The van der Waals surface area contributed by atoms with E-state index in [1.54, 1.807) is 7.11 Å². The summed E-state index contributed by atoms with van der Waals surface area (Å²) in [4.78, 5) is 0. The normalized spacial score (nSPS) is 12.2. The smallest absolute Gasteiger partial charge is 0.119 e. The van der Waals surface area contributed by atoms with E-state index in [-0.39, 0.29) is 0 Å². The maximum atomic E-state index is 5.26. The predicted octanol–water partition coefficient (Wildman–Crippen LogP) is 5.07. The van der Waals surface area contributed by atoms with Gasteiger partial charge in [-0.1, -0.05) is 44.0 Å². The second kappa shape index (κ2) is 7.25. The van der Waals surface area contributed by atoms with E-state index in [4.69, 9.17) is 4.74 Å². The third-order valence-electron chi connectivity index (χ3n) is 3.22. The van der Waals surface area contributed by atoms with Crippen LogP contribution in [0.4, 0.5) is 0 Å². The summed E-state index contributed by atoms with van der Waals surface area (Å²) in [6.07, 6.45) is 0. The van der Waals surface area contributed by atoms with Gasteiger partial charge in [-0.25, -0.2) is 0 Å². The maximum Gasteiger partial charge on any atom is 0.119 e. The Labute approximate surface area is 136 Å². The lowest BCUT2D eigenvalue weighted by Gasteiger charge is -2.15. The van der Waals surface area contributed by atoms with E-state index < -0.39 is 0 Å². The molecule has 0 unspecified atom stereocenters. The molecule has 0 radical (unpaired) electrons. The summed E-state index contributed by atoms with van der Waals surface area (Å²) in [6, 6.07) is 14.7. The molecule has 2 aromatic carbocycles. The minimum Gasteiger partial charge on any atom is -0.497 e. The van der Waals surface area contributed by atoms with Crippen LogP contribution in [0, 0.1) is 0 Å². The zero-order valence-electron chi connectivity index (χ0n) is 11.5. The van der Waals surface area contributed by atoms with Gasteiger partial charge >= 0.3 is 0 Å². The SMILES string of the molecule is COc1ccc(Br)c(CN[C@H](C)c2ccc(Br)cc2)c1. The monoisotopic (exact) mass is 397 g/mol. The molecule has 2 rings (SSSR count). The molecule has 2 aromatic rings. The number of halogens is 2. The van der Waals surface area contributed by atoms with E-state index in [2.05, 4.69) is 68.4 Å². The third kappa shape index (κ3) is 4.08. The van der Waals surface area contributed by atoms with Crippen molar-refractivity contribution in [3.05, 3.63) is 62.5 Å². The molecule has 0 amide bonds. The number of hydrogen-bond donors (Lipinski definition) is 1. The van der Waals surface area contributed by atoms with Crippen LogP contribution in [0.15, 0.2) is 51.4 Å². The van der Waals surface area contributed by atoms with Crippen molar-refractivity contribution in [2.75, 3.05) is 7.11 Å². The van der Waals surface area contributed by atoms with Gasteiger partial charge in [0.1, 0.15) is 5.75 Å². The first-order chi connectivity index (χ1) is 9.60. The van der Waals surface area contributed by atoms with E-state index in [0.29, 0.717) is 6.04 Å². The fraction of sp³-hybridized carbons (Fsp3) is 0.250. The van der Waals surface area contributed by atoms with Crippen molar-refractivity contribution in [1.82, 2.24) is 5.32 Å². The first-order valence-electron chi connectivity index (χ1n) is 6.41. The first kappa shape index (κ1) is 15.5. The lowest BCUT2D eigenvalue weighted by Crippen LogP contribution is -2.18. The van der Waals surface area contributed by atoms with Crippen LogP contribution in [0.1, 0.15) is 24.1 Å². The largest absolute Gasteiger partial charge is 0.497 e. The molecule has 0 aromatic heterocycles. The van der Waals surface area contributed by atoms with Gasteiger partial charge in [0.2, 0.25) is 0 Å². The Hall–Kier alpha value is -0.840. The van der Waals surface area contributed by atoms with Gasteiger partial charge in [-0.2, -0.15) is 0 Å². The van der Waals surface area contributed by atoms with Crippen LogP contribution < -0.4 is 10.1 Å². The van der Waals surface area contributed by atoms with Crippen molar-refractivity contribution in [2.45, 2.75) is 19.5 Å². The van der Waals surface area contributed by atoms with Gasteiger partial charge in [-0.15, -0.1) is 0 Å². The zero-order valence-corrected chi connectivity index (χ0v) is 14.7. The third-order valence-corrected chi connectivity index (χ3v) is 4.52. The summed E-state index contributed by atoms with van der Waals surface area (Å²) in [5.74, 6) is 0.876. The molecule has 4 heteroatoms. The Morgan fingerprint density at radius 3 is 2.45 bits per heavy atom. The average molecular weight is 399 g/mol. The van der Waals surface area contributed by atoms with Crippen LogP contribution in [0.3, 0.4) is 0 Å². The number of nitrogens with one attached hydrogen (secondary N) is 1. The van der Waals surface area contributed by atoms with Crippen LogP contribution in [0.5, 0.6) is 5.75 Å². The molecule has 1 atom stereocenters. The Morgan fingerprint density at radius 2 is 1.80 bits per heavy atom. The summed E-state index contributed by atoms with van der Waals surface area (Å²) in [5.41, 5.74) is 2.46. The average Bonchev–Trinajstić information content (AvgIpc) is 2.47. The van der Waals surface area contributed by atoms with Crippen molar-refractivity contribution < 1.29 is 4.74 Å². The first-order valence-corrected chi connectivity index (χ1v) is 8.00. The summed E-state index contributed by atoms with van der Waals surface area (Å²) in [5, 5.41) is 3.53.